The fraction of sp³-hybridized carbons (Fsp3) is 0.571. The third kappa shape index (κ3) is 0.920. The van der Waals surface area contributed by atoms with Crippen molar-refractivity contribution in [2.24, 2.45) is 0 Å². The van der Waals surface area contributed by atoms with Gasteiger partial charge in [0.2, 0.25) is 0 Å². The first-order valence-electron chi connectivity index (χ1n) is 3.04. The maximum atomic E-state index is 3.85. The highest BCUT2D eigenvalue weighted by Crippen LogP contribution is 2.15. The highest BCUT2D eigenvalue weighted by Gasteiger charge is 2.11. The summed E-state index contributed by atoms with van der Waals surface area (Å²) in [5, 5.41) is 0. The van der Waals surface area contributed by atoms with E-state index in [0.29, 0.717) is 6.04 Å². The molecular weight excluding hydrogens is 98.1 g/mol. The standard InChI is InChI=1S/C7H12N/c1-3-7-5-4-6-8(7)2/h3,7H,1-2,4-6H2/q-1/t7-/m0/s1. The van der Waals surface area contributed by atoms with E-state index in [-0.39, 0.29) is 0 Å². The van der Waals surface area contributed by atoms with Gasteiger partial charge in [-0.1, -0.05) is 6.08 Å². The molecule has 0 aliphatic carbocycles. The molecule has 1 aliphatic heterocycles. The zero-order chi connectivity index (χ0) is 5.98. The average molecular weight is 110 g/mol. The molecule has 1 nitrogen and oxygen atoms in total. The molecule has 1 saturated heterocycles. The summed E-state index contributed by atoms with van der Waals surface area (Å²) in [5.41, 5.74) is 0. The van der Waals surface area contributed by atoms with Crippen molar-refractivity contribution in [2.45, 2.75) is 18.9 Å². The van der Waals surface area contributed by atoms with Crippen molar-refractivity contribution in [3.05, 3.63) is 19.7 Å². The van der Waals surface area contributed by atoms with Crippen LogP contribution in [0.3, 0.4) is 0 Å². The molecule has 1 heteroatoms. The molecule has 1 atom stereocenters. The van der Waals surface area contributed by atoms with E-state index in [2.05, 4.69) is 18.5 Å². The largest absolute Gasteiger partial charge is 0.453 e. The monoisotopic (exact) mass is 110 g/mol. The zero-order valence-electron chi connectivity index (χ0n) is 5.14. The quantitative estimate of drug-likeness (QED) is 0.364. The third-order valence-corrected chi connectivity index (χ3v) is 1.69. The molecule has 0 amide bonds. The molecule has 1 heterocycles. The Morgan fingerprint density at radius 2 is 2.50 bits per heavy atom. The Balaban J connectivity index is 2.41. The van der Waals surface area contributed by atoms with Crippen LogP contribution in [0, 0.1) is 7.05 Å². The predicted octanol–water partition coefficient (Wildman–Crippen LogP) is 1.43. The number of nitrogens with zero attached hydrogens (tertiary/aromatic N) is 1. The van der Waals surface area contributed by atoms with Crippen molar-refractivity contribution in [1.82, 2.24) is 4.90 Å². The molecule has 46 valence electrons. The summed E-state index contributed by atoms with van der Waals surface area (Å²) < 4.78 is 0. The normalized spacial score (nSPS) is 30.9. The van der Waals surface area contributed by atoms with E-state index < -0.39 is 0 Å². The summed E-state index contributed by atoms with van der Waals surface area (Å²) in [4.78, 5) is 2.09. The topological polar surface area (TPSA) is 3.24 Å². The van der Waals surface area contributed by atoms with Crippen LogP contribution in [-0.2, 0) is 0 Å². The van der Waals surface area contributed by atoms with Gasteiger partial charge < -0.3 is 4.90 Å². The molecule has 1 fully saturated rings. The fourth-order valence-corrected chi connectivity index (χ4v) is 1.12. The van der Waals surface area contributed by atoms with Gasteiger partial charge in [0, 0.05) is 0 Å². The van der Waals surface area contributed by atoms with Gasteiger partial charge in [0.1, 0.15) is 0 Å². The van der Waals surface area contributed by atoms with E-state index in [4.69, 9.17) is 0 Å². The summed E-state index contributed by atoms with van der Waals surface area (Å²) in [6.07, 6.45) is 4.49. The summed E-state index contributed by atoms with van der Waals surface area (Å²) in [6, 6.07) is 0.551. The molecular formula is C7H12N-. The molecule has 1 aliphatic rings. The van der Waals surface area contributed by atoms with Crippen molar-refractivity contribution in [2.75, 3.05) is 6.54 Å². The number of likely N-dealkylation sites (tertiary alicyclic amines) is 1. The number of hydrogen-bond acceptors (Lipinski definition) is 1. The van der Waals surface area contributed by atoms with Crippen LogP contribution in [-0.4, -0.2) is 17.5 Å². The molecule has 0 saturated carbocycles. The first-order chi connectivity index (χ1) is 3.84. The maximum Gasteiger partial charge on any atom is -0.000113 e. The highest BCUT2D eigenvalue weighted by atomic mass is 15.1. The van der Waals surface area contributed by atoms with Crippen molar-refractivity contribution < 1.29 is 0 Å². The van der Waals surface area contributed by atoms with Gasteiger partial charge in [-0.15, -0.1) is 6.58 Å². The molecule has 1 rings (SSSR count). The van der Waals surface area contributed by atoms with Gasteiger partial charge in [0.05, 0.1) is 0 Å². The second-order valence-corrected chi connectivity index (χ2v) is 2.26. The van der Waals surface area contributed by atoms with E-state index in [1.807, 2.05) is 6.08 Å². The Labute approximate surface area is 51.0 Å². The summed E-state index contributed by atoms with van der Waals surface area (Å²) >= 11 is 0. The van der Waals surface area contributed by atoms with Crippen LogP contribution in [0.1, 0.15) is 12.8 Å². The molecule has 0 spiro atoms. The molecule has 0 unspecified atom stereocenters. The smallest absolute Gasteiger partial charge is 0.000113 e. The van der Waals surface area contributed by atoms with Crippen LogP contribution in [0.5, 0.6) is 0 Å². The van der Waals surface area contributed by atoms with Gasteiger partial charge in [-0.2, -0.15) is 0 Å². The SMILES string of the molecule is C=C[C@H]1CCCN1[CH2-]. The molecule has 0 aromatic heterocycles. The molecule has 0 bridgehead atoms. The Hall–Kier alpha value is -0.300. The lowest BCUT2D eigenvalue weighted by Crippen LogP contribution is -2.19. The van der Waals surface area contributed by atoms with Gasteiger partial charge in [-0.3, -0.25) is 7.05 Å². The first kappa shape index (κ1) is 5.83. The second-order valence-electron chi connectivity index (χ2n) is 2.26. The van der Waals surface area contributed by atoms with Gasteiger partial charge in [-0.05, 0) is 25.4 Å². The van der Waals surface area contributed by atoms with Crippen LogP contribution >= 0.6 is 0 Å². The van der Waals surface area contributed by atoms with Crippen LogP contribution in [0.15, 0.2) is 12.7 Å². The molecule has 0 aromatic rings. The Morgan fingerprint density at radius 1 is 1.75 bits per heavy atom. The van der Waals surface area contributed by atoms with E-state index in [0.717, 1.165) is 6.54 Å². The number of hydrogen-bond donors (Lipinski definition) is 0. The lowest BCUT2D eigenvalue weighted by molar-refractivity contribution is 0.396. The van der Waals surface area contributed by atoms with Gasteiger partial charge in [-0.25, -0.2) is 0 Å². The van der Waals surface area contributed by atoms with E-state index in [9.17, 15) is 0 Å². The molecule has 8 heavy (non-hydrogen) atoms. The summed E-state index contributed by atoms with van der Waals surface area (Å²) in [5.74, 6) is 0. The van der Waals surface area contributed by atoms with Crippen molar-refractivity contribution >= 4 is 0 Å². The Kier molecular flexibility index (Phi) is 1.69. The lowest BCUT2D eigenvalue weighted by Gasteiger charge is -2.23. The molecule has 0 radical (unpaired) electrons. The minimum Gasteiger partial charge on any atom is -0.453 e. The van der Waals surface area contributed by atoms with Gasteiger partial charge in [0.15, 0.2) is 0 Å². The Bertz CT molecular complexity index is 88.4. The molecule has 0 aromatic carbocycles. The minimum atomic E-state index is 0.551. The Morgan fingerprint density at radius 3 is 2.75 bits per heavy atom. The van der Waals surface area contributed by atoms with Crippen LogP contribution < -0.4 is 0 Å². The average Bonchev–Trinajstić information content (AvgIpc) is 2.14. The van der Waals surface area contributed by atoms with Crippen LogP contribution in [0.4, 0.5) is 0 Å². The number of rotatable bonds is 1. The van der Waals surface area contributed by atoms with Gasteiger partial charge >= 0.3 is 0 Å². The van der Waals surface area contributed by atoms with Crippen molar-refractivity contribution in [3.63, 3.8) is 0 Å². The van der Waals surface area contributed by atoms with Crippen LogP contribution in [0.2, 0.25) is 0 Å². The summed E-state index contributed by atoms with van der Waals surface area (Å²) in [7, 11) is 3.85. The van der Waals surface area contributed by atoms with E-state index in [1.165, 1.54) is 12.8 Å². The first-order valence-corrected chi connectivity index (χ1v) is 3.04. The highest BCUT2D eigenvalue weighted by molar-refractivity contribution is 4.91. The van der Waals surface area contributed by atoms with Gasteiger partial charge in [0.25, 0.3) is 0 Å². The van der Waals surface area contributed by atoms with Crippen LogP contribution in [0.25, 0.3) is 0 Å². The van der Waals surface area contributed by atoms with Crippen molar-refractivity contribution in [1.29, 1.82) is 0 Å². The van der Waals surface area contributed by atoms with Crippen molar-refractivity contribution in [3.8, 4) is 0 Å². The third-order valence-electron chi connectivity index (χ3n) is 1.69. The second kappa shape index (κ2) is 2.31. The predicted molar refractivity (Wildman–Crippen MR) is 35.3 cm³/mol. The van der Waals surface area contributed by atoms with E-state index in [1.54, 1.807) is 0 Å². The molecule has 0 N–H and O–H groups in total. The minimum absolute atomic E-state index is 0.551. The van der Waals surface area contributed by atoms with E-state index >= 15 is 0 Å². The summed E-state index contributed by atoms with van der Waals surface area (Å²) in [6.45, 7) is 4.85. The zero-order valence-corrected chi connectivity index (χ0v) is 5.14. The maximum absolute atomic E-state index is 3.85. The lowest BCUT2D eigenvalue weighted by atomic mass is 10.2. The fourth-order valence-electron chi connectivity index (χ4n) is 1.12.